The Balaban J connectivity index is 4.34. The van der Waals surface area contributed by atoms with Gasteiger partial charge in [-0.3, -0.25) is 9.59 Å². The lowest BCUT2D eigenvalue weighted by atomic mass is 9.89. The van der Waals surface area contributed by atoms with Gasteiger partial charge >= 0.3 is 18.1 Å². The molecule has 0 fully saturated rings. The van der Waals surface area contributed by atoms with Crippen LogP contribution in [-0.4, -0.2) is 41.7 Å². The molecular formula is C9H14F3NO3. The summed E-state index contributed by atoms with van der Waals surface area (Å²) in [6.07, 6.45) is -4.96. The van der Waals surface area contributed by atoms with Gasteiger partial charge in [0.1, 0.15) is 0 Å². The summed E-state index contributed by atoms with van der Waals surface area (Å²) in [7, 11) is 0.994. The Morgan fingerprint density at radius 3 is 2.00 bits per heavy atom. The zero-order valence-corrected chi connectivity index (χ0v) is 9.26. The number of carboxylic acids is 1. The molecule has 0 aliphatic carbocycles. The zero-order chi connectivity index (χ0) is 13.1. The van der Waals surface area contributed by atoms with Crippen LogP contribution in [0.5, 0.6) is 0 Å². The first kappa shape index (κ1) is 14.7. The van der Waals surface area contributed by atoms with Crippen molar-refractivity contribution in [3.05, 3.63) is 0 Å². The number of hydrogen-bond donors (Lipinski definition) is 1. The van der Waals surface area contributed by atoms with E-state index in [9.17, 15) is 22.8 Å². The van der Waals surface area contributed by atoms with Crippen LogP contribution in [-0.2, 0) is 9.59 Å². The Kier molecular flexibility index (Phi) is 4.34. The zero-order valence-electron chi connectivity index (χ0n) is 9.26. The maximum absolute atomic E-state index is 12.0. The highest BCUT2D eigenvalue weighted by Crippen LogP contribution is 2.22. The number of alkyl halides is 3. The van der Waals surface area contributed by atoms with Gasteiger partial charge < -0.3 is 10.0 Å². The van der Waals surface area contributed by atoms with Crippen molar-refractivity contribution in [1.29, 1.82) is 0 Å². The van der Waals surface area contributed by atoms with Gasteiger partial charge in [-0.15, -0.1) is 0 Å². The molecule has 0 bridgehead atoms. The number of nitrogens with zero attached hydrogens (tertiary/aromatic N) is 1. The van der Waals surface area contributed by atoms with E-state index in [4.69, 9.17) is 5.11 Å². The van der Waals surface area contributed by atoms with E-state index in [1.165, 1.54) is 13.8 Å². The molecule has 0 aliphatic heterocycles. The van der Waals surface area contributed by atoms with Gasteiger partial charge in [-0.2, -0.15) is 13.2 Å². The molecule has 0 aromatic rings. The largest absolute Gasteiger partial charge is 0.481 e. The Morgan fingerprint density at radius 2 is 1.69 bits per heavy atom. The fourth-order valence-corrected chi connectivity index (χ4v) is 0.872. The van der Waals surface area contributed by atoms with Crippen LogP contribution in [0.15, 0.2) is 0 Å². The van der Waals surface area contributed by atoms with Crippen molar-refractivity contribution >= 4 is 11.9 Å². The van der Waals surface area contributed by atoms with Gasteiger partial charge in [0.25, 0.3) is 0 Å². The molecule has 0 heterocycles. The second-order valence-electron chi connectivity index (χ2n) is 4.16. The van der Waals surface area contributed by atoms with E-state index in [0.29, 0.717) is 4.90 Å². The van der Waals surface area contributed by atoms with E-state index in [2.05, 4.69) is 0 Å². The highest BCUT2D eigenvalue weighted by Gasteiger charge is 2.41. The summed E-state index contributed by atoms with van der Waals surface area (Å²) < 4.78 is 35.9. The monoisotopic (exact) mass is 241 g/mol. The first-order valence-corrected chi connectivity index (χ1v) is 4.54. The highest BCUT2D eigenvalue weighted by atomic mass is 19.4. The van der Waals surface area contributed by atoms with Crippen LogP contribution in [0.1, 0.15) is 20.3 Å². The maximum atomic E-state index is 12.0. The van der Waals surface area contributed by atoms with Crippen molar-refractivity contribution < 1.29 is 27.9 Å². The predicted octanol–water partition coefficient (Wildman–Crippen LogP) is 1.51. The van der Waals surface area contributed by atoms with Crippen LogP contribution in [0.2, 0.25) is 0 Å². The Labute approximate surface area is 91.0 Å². The summed E-state index contributed by atoms with van der Waals surface area (Å²) >= 11 is 0. The Morgan fingerprint density at radius 1 is 1.25 bits per heavy atom. The molecule has 0 unspecified atom stereocenters. The molecule has 0 aliphatic rings. The van der Waals surface area contributed by atoms with Crippen LogP contribution in [0, 0.1) is 5.41 Å². The first-order valence-electron chi connectivity index (χ1n) is 4.54. The Bertz CT molecular complexity index is 286. The van der Waals surface area contributed by atoms with Crippen LogP contribution in [0.25, 0.3) is 0 Å². The average molecular weight is 241 g/mol. The topological polar surface area (TPSA) is 57.6 Å². The fraction of sp³-hybridized carbons (Fsp3) is 0.778. The lowest BCUT2D eigenvalue weighted by Gasteiger charge is -2.24. The molecule has 0 radical (unpaired) electrons. The molecule has 1 amide bonds. The van der Waals surface area contributed by atoms with Crippen molar-refractivity contribution in [3.8, 4) is 0 Å². The minimum atomic E-state index is -4.91. The van der Waals surface area contributed by atoms with Crippen molar-refractivity contribution in [2.45, 2.75) is 26.4 Å². The summed E-state index contributed by atoms with van der Waals surface area (Å²) in [6.45, 7) is 2.53. The molecular weight excluding hydrogens is 227 g/mol. The second-order valence-corrected chi connectivity index (χ2v) is 4.16. The van der Waals surface area contributed by atoms with Crippen molar-refractivity contribution in [3.63, 3.8) is 0 Å². The minimum absolute atomic E-state index is 0.0410. The molecule has 0 saturated carbocycles. The van der Waals surface area contributed by atoms with Crippen LogP contribution in [0.3, 0.4) is 0 Å². The molecule has 1 N–H and O–H groups in total. The van der Waals surface area contributed by atoms with Gasteiger partial charge in [-0.05, 0) is 20.3 Å². The number of halogens is 3. The summed E-state index contributed by atoms with van der Waals surface area (Å²) in [5.41, 5.74) is -1.15. The summed E-state index contributed by atoms with van der Waals surface area (Å²) in [6, 6.07) is 0. The molecule has 0 atom stereocenters. The normalized spacial score (nSPS) is 12.4. The SMILES string of the molecule is CN(CCC(C)(C)C(=O)O)C(=O)C(F)(F)F. The van der Waals surface area contributed by atoms with E-state index in [1.54, 1.807) is 0 Å². The third-order valence-corrected chi connectivity index (χ3v) is 2.24. The smallest absolute Gasteiger partial charge is 0.471 e. The molecule has 0 aromatic carbocycles. The van der Waals surface area contributed by atoms with E-state index in [1.807, 2.05) is 0 Å². The Hall–Kier alpha value is -1.27. The van der Waals surface area contributed by atoms with Gasteiger partial charge in [0.05, 0.1) is 5.41 Å². The van der Waals surface area contributed by atoms with Gasteiger partial charge in [0.2, 0.25) is 0 Å². The van der Waals surface area contributed by atoms with E-state index >= 15 is 0 Å². The molecule has 94 valence electrons. The molecule has 7 heteroatoms. The maximum Gasteiger partial charge on any atom is 0.471 e. The van der Waals surface area contributed by atoms with Crippen molar-refractivity contribution in [2.75, 3.05) is 13.6 Å². The second kappa shape index (κ2) is 4.71. The van der Waals surface area contributed by atoms with E-state index in [-0.39, 0.29) is 13.0 Å². The summed E-state index contributed by atoms with van der Waals surface area (Å²) in [5, 5.41) is 8.73. The van der Waals surface area contributed by atoms with Gasteiger partial charge in [-0.1, -0.05) is 0 Å². The number of aliphatic carboxylic acids is 1. The lowest BCUT2D eigenvalue weighted by Crippen LogP contribution is -2.40. The molecule has 0 spiro atoms. The number of rotatable bonds is 4. The highest BCUT2D eigenvalue weighted by molar-refractivity contribution is 5.81. The lowest BCUT2D eigenvalue weighted by molar-refractivity contribution is -0.184. The number of carbonyl (C=O) groups is 2. The average Bonchev–Trinajstić information content (AvgIpc) is 2.11. The van der Waals surface area contributed by atoms with E-state index in [0.717, 1.165) is 7.05 Å². The number of amides is 1. The molecule has 0 aromatic heterocycles. The van der Waals surface area contributed by atoms with E-state index < -0.39 is 23.5 Å². The number of carboxylic acid groups (broad SMARTS) is 1. The van der Waals surface area contributed by atoms with Gasteiger partial charge in [0, 0.05) is 13.6 Å². The molecule has 16 heavy (non-hydrogen) atoms. The van der Waals surface area contributed by atoms with Crippen molar-refractivity contribution in [2.24, 2.45) is 5.41 Å². The number of hydrogen-bond acceptors (Lipinski definition) is 2. The number of carbonyl (C=O) groups excluding carboxylic acids is 1. The first-order chi connectivity index (χ1) is 6.98. The van der Waals surface area contributed by atoms with Crippen LogP contribution in [0.4, 0.5) is 13.2 Å². The predicted molar refractivity (Wildman–Crippen MR) is 49.7 cm³/mol. The fourth-order valence-electron chi connectivity index (χ4n) is 0.872. The van der Waals surface area contributed by atoms with Gasteiger partial charge in [-0.25, -0.2) is 0 Å². The quantitative estimate of drug-likeness (QED) is 0.811. The third-order valence-electron chi connectivity index (χ3n) is 2.24. The third kappa shape index (κ3) is 4.08. The summed E-state index contributed by atoms with van der Waals surface area (Å²) in [5.74, 6) is -3.07. The molecule has 0 rings (SSSR count). The van der Waals surface area contributed by atoms with Crippen LogP contribution < -0.4 is 0 Å². The van der Waals surface area contributed by atoms with Gasteiger partial charge in [0.15, 0.2) is 0 Å². The van der Waals surface area contributed by atoms with Crippen LogP contribution >= 0.6 is 0 Å². The minimum Gasteiger partial charge on any atom is -0.481 e. The summed E-state index contributed by atoms with van der Waals surface area (Å²) in [4.78, 5) is 21.9. The van der Waals surface area contributed by atoms with Crippen molar-refractivity contribution in [1.82, 2.24) is 4.90 Å². The molecule has 0 saturated heterocycles. The standard InChI is InChI=1S/C9H14F3NO3/c1-8(2,7(15)16)4-5-13(3)6(14)9(10,11)12/h4-5H2,1-3H3,(H,15,16). The molecule has 4 nitrogen and oxygen atoms in total.